The summed E-state index contributed by atoms with van der Waals surface area (Å²) in [4.78, 5) is 9.65. The summed E-state index contributed by atoms with van der Waals surface area (Å²) in [6, 6.07) is 0. The second kappa shape index (κ2) is 6.95. The minimum Gasteiger partial charge on any atom is -0.481 e. The highest BCUT2D eigenvalue weighted by Gasteiger charge is 2.08. The van der Waals surface area contributed by atoms with Crippen LogP contribution in [0.15, 0.2) is 0 Å². The summed E-state index contributed by atoms with van der Waals surface area (Å²) in [6.07, 6.45) is 3.91. The Bertz CT molecular complexity index is 331. The molecular weight excluding hydrogens is 224 g/mol. The molecule has 2 N–H and O–H groups in total. The van der Waals surface area contributed by atoms with Crippen LogP contribution in [0.5, 0.6) is 0 Å². The van der Waals surface area contributed by atoms with E-state index in [1.165, 1.54) is 26.2 Å². The Morgan fingerprint density at radius 3 is 2.82 bits per heavy atom. The molecule has 0 spiro atoms. The van der Waals surface area contributed by atoms with E-state index in [0.29, 0.717) is 0 Å². The van der Waals surface area contributed by atoms with Gasteiger partial charge in [0, 0.05) is 13.0 Å². The number of hydrogen-bond acceptors (Lipinski definition) is 5. The zero-order valence-electron chi connectivity index (χ0n) is 9.91. The third-order valence-corrected chi connectivity index (χ3v) is 2.35. The molecular formula is C10H18N4O3. The molecule has 96 valence electrons. The Balaban J connectivity index is 0.000000185. The van der Waals surface area contributed by atoms with Gasteiger partial charge in [0.1, 0.15) is 0 Å². The van der Waals surface area contributed by atoms with Crippen LogP contribution in [0.2, 0.25) is 0 Å². The van der Waals surface area contributed by atoms with E-state index in [0.717, 1.165) is 18.8 Å². The lowest BCUT2D eigenvalue weighted by Gasteiger charge is -1.94. The summed E-state index contributed by atoms with van der Waals surface area (Å²) >= 11 is 0. The zero-order chi connectivity index (χ0) is 12.7. The summed E-state index contributed by atoms with van der Waals surface area (Å²) in [7, 11) is 0. The fourth-order valence-corrected chi connectivity index (χ4v) is 1.55. The van der Waals surface area contributed by atoms with E-state index < -0.39 is 12.1 Å². The molecule has 0 aliphatic carbocycles. The van der Waals surface area contributed by atoms with Crippen molar-refractivity contribution in [2.45, 2.75) is 51.7 Å². The van der Waals surface area contributed by atoms with Crippen LogP contribution < -0.4 is 0 Å². The molecule has 0 bridgehead atoms. The predicted molar refractivity (Wildman–Crippen MR) is 59.3 cm³/mol. The van der Waals surface area contributed by atoms with Gasteiger partial charge in [0.15, 0.2) is 5.82 Å². The first-order valence-corrected chi connectivity index (χ1v) is 5.74. The molecule has 0 fully saturated rings. The van der Waals surface area contributed by atoms with E-state index in [2.05, 4.69) is 15.5 Å². The van der Waals surface area contributed by atoms with Gasteiger partial charge in [0.2, 0.25) is 0 Å². The average molecular weight is 242 g/mol. The first-order valence-electron chi connectivity index (χ1n) is 5.74. The summed E-state index contributed by atoms with van der Waals surface area (Å²) in [5, 5.41) is 27.7. The smallest absolute Gasteiger partial charge is 0.305 e. The quantitative estimate of drug-likeness (QED) is 0.770. The highest BCUT2D eigenvalue weighted by Crippen LogP contribution is 2.09. The highest BCUT2D eigenvalue weighted by atomic mass is 16.4. The molecule has 0 saturated carbocycles. The molecule has 7 heteroatoms. The predicted octanol–water partition coefficient (Wildman–Crippen LogP) is 0.241. The summed E-state index contributed by atoms with van der Waals surface area (Å²) in [5.41, 5.74) is 0. The second-order valence-electron chi connectivity index (χ2n) is 4.08. The number of tetrazole rings is 1. The van der Waals surface area contributed by atoms with Crippen LogP contribution in [0, 0.1) is 0 Å². The van der Waals surface area contributed by atoms with Crippen molar-refractivity contribution in [2.75, 3.05) is 0 Å². The number of aromatic nitrogens is 4. The molecule has 2 rings (SSSR count). The zero-order valence-corrected chi connectivity index (χ0v) is 9.91. The van der Waals surface area contributed by atoms with Crippen LogP contribution in [0.1, 0.15) is 38.4 Å². The Morgan fingerprint density at radius 2 is 2.24 bits per heavy atom. The molecule has 17 heavy (non-hydrogen) atoms. The van der Waals surface area contributed by atoms with Gasteiger partial charge in [-0.1, -0.05) is 6.42 Å². The number of aliphatic carboxylic acids is 1. The Hall–Kier alpha value is -1.50. The molecule has 1 unspecified atom stereocenters. The third-order valence-electron chi connectivity index (χ3n) is 2.35. The lowest BCUT2D eigenvalue weighted by molar-refractivity contribution is -0.138. The SMILES string of the molecule is C1CCc2nnnn2CC1.CC(O)CC(=O)O. The van der Waals surface area contributed by atoms with E-state index >= 15 is 0 Å². The van der Waals surface area contributed by atoms with Crippen molar-refractivity contribution in [1.82, 2.24) is 20.2 Å². The van der Waals surface area contributed by atoms with Crippen LogP contribution in [0.25, 0.3) is 0 Å². The molecule has 1 atom stereocenters. The summed E-state index contributed by atoms with van der Waals surface area (Å²) in [5.74, 6) is 0.0903. The van der Waals surface area contributed by atoms with E-state index in [4.69, 9.17) is 10.2 Å². The molecule has 1 aromatic rings. The number of rotatable bonds is 2. The standard InChI is InChI=1S/C6H10N4.C4H8O3/c1-2-4-6-7-8-9-10(6)5-3-1;1-3(5)2-4(6)7/h1-5H2;3,5H,2H2,1H3,(H,6,7). The first kappa shape index (κ1) is 13.6. The average Bonchev–Trinajstić information content (AvgIpc) is 2.54. The Morgan fingerprint density at radius 1 is 1.47 bits per heavy atom. The third kappa shape index (κ3) is 5.39. The fraction of sp³-hybridized carbons (Fsp3) is 0.800. The molecule has 2 heterocycles. The van der Waals surface area contributed by atoms with Gasteiger partial charge in [-0.05, 0) is 30.2 Å². The van der Waals surface area contributed by atoms with Gasteiger partial charge in [-0.25, -0.2) is 4.68 Å². The maximum atomic E-state index is 9.65. The lowest BCUT2D eigenvalue weighted by atomic mass is 10.2. The normalized spacial score (nSPS) is 16.1. The number of nitrogens with zero attached hydrogens (tertiary/aromatic N) is 4. The number of carboxylic acid groups (broad SMARTS) is 1. The first-order chi connectivity index (χ1) is 8.09. The Labute approximate surface area is 99.4 Å². The molecule has 0 saturated heterocycles. The van der Waals surface area contributed by atoms with Gasteiger partial charge in [-0.3, -0.25) is 4.79 Å². The molecule has 1 aromatic heterocycles. The number of aliphatic hydroxyl groups is 1. The lowest BCUT2D eigenvalue weighted by Crippen LogP contribution is -2.07. The monoisotopic (exact) mass is 242 g/mol. The van der Waals surface area contributed by atoms with Crippen molar-refractivity contribution in [3.63, 3.8) is 0 Å². The maximum absolute atomic E-state index is 9.65. The van der Waals surface area contributed by atoms with Gasteiger partial charge in [0.25, 0.3) is 0 Å². The van der Waals surface area contributed by atoms with Gasteiger partial charge in [-0.2, -0.15) is 0 Å². The second-order valence-corrected chi connectivity index (χ2v) is 4.08. The van der Waals surface area contributed by atoms with Crippen molar-refractivity contribution < 1.29 is 15.0 Å². The number of carbonyl (C=O) groups is 1. The molecule has 1 aliphatic rings. The van der Waals surface area contributed by atoms with Crippen LogP contribution in [0.4, 0.5) is 0 Å². The minimum absolute atomic E-state index is 0.167. The maximum Gasteiger partial charge on any atom is 0.305 e. The molecule has 7 nitrogen and oxygen atoms in total. The Kier molecular flexibility index (Phi) is 5.55. The van der Waals surface area contributed by atoms with Crippen LogP contribution >= 0.6 is 0 Å². The summed E-state index contributed by atoms with van der Waals surface area (Å²) < 4.78 is 1.91. The minimum atomic E-state index is -0.963. The van der Waals surface area contributed by atoms with Gasteiger partial charge >= 0.3 is 5.97 Å². The molecule has 0 amide bonds. The highest BCUT2D eigenvalue weighted by molar-refractivity contribution is 5.67. The van der Waals surface area contributed by atoms with Gasteiger partial charge < -0.3 is 10.2 Å². The van der Waals surface area contributed by atoms with Crippen LogP contribution in [-0.4, -0.2) is 42.5 Å². The van der Waals surface area contributed by atoms with E-state index in [-0.39, 0.29) is 6.42 Å². The number of aryl methyl sites for hydroxylation is 2. The number of hydrogen-bond donors (Lipinski definition) is 2. The van der Waals surface area contributed by atoms with Crippen molar-refractivity contribution in [3.8, 4) is 0 Å². The number of carboxylic acids is 1. The largest absolute Gasteiger partial charge is 0.481 e. The number of aliphatic hydroxyl groups excluding tert-OH is 1. The fourth-order valence-electron chi connectivity index (χ4n) is 1.55. The van der Waals surface area contributed by atoms with Crippen molar-refractivity contribution >= 4 is 5.97 Å². The van der Waals surface area contributed by atoms with Crippen molar-refractivity contribution in [2.24, 2.45) is 0 Å². The van der Waals surface area contributed by atoms with Crippen molar-refractivity contribution in [3.05, 3.63) is 5.82 Å². The van der Waals surface area contributed by atoms with Crippen LogP contribution in [0.3, 0.4) is 0 Å². The topological polar surface area (TPSA) is 101 Å². The van der Waals surface area contributed by atoms with E-state index in [1.807, 2.05) is 4.68 Å². The van der Waals surface area contributed by atoms with E-state index in [9.17, 15) is 4.79 Å². The molecule has 0 aromatic carbocycles. The molecule has 1 aliphatic heterocycles. The van der Waals surface area contributed by atoms with E-state index in [1.54, 1.807) is 0 Å². The van der Waals surface area contributed by atoms with Crippen LogP contribution in [-0.2, 0) is 17.8 Å². The van der Waals surface area contributed by atoms with Gasteiger partial charge in [0.05, 0.1) is 12.5 Å². The summed E-state index contributed by atoms with van der Waals surface area (Å²) in [6.45, 7) is 2.44. The number of fused-ring (bicyclic) bond motifs is 1. The van der Waals surface area contributed by atoms with Crippen molar-refractivity contribution in [1.29, 1.82) is 0 Å². The molecule has 0 radical (unpaired) electrons. The van der Waals surface area contributed by atoms with Gasteiger partial charge in [-0.15, -0.1) is 5.10 Å².